The summed E-state index contributed by atoms with van der Waals surface area (Å²) in [5.41, 5.74) is 5.09. The van der Waals surface area contributed by atoms with Gasteiger partial charge in [0.15, 0.2) is 0 Å². The maximum absolute atomic E-state index is 10.7. The number of hydrogen-bond acceptors (Lipinski definition) is 1. The molecule has 0 aliphatic heterocycles. The quantitative estimate of drug-likeness (QED) is 0.405. The number of nitrogens with one attached hydrogen (secondary N) is 1. The van der Waals surface area contributed by atoms with Gasteiger partial charge in [-0.2, -0.15) is 0 Å². The van der Waals surface area contributed by atoms with Crippen LogP contribution in [0.25, 0.3) is 6.08 Å². The molecule has 0 radical (unpaired) electrons. The van der Waals surface area contributed by atoms with Crippen LogP contribution in [-0.4, -0.2) is 5.91 Å². The minimum atomic E-state index is -0.0591. The van der Waals surface area contributed by atoms with Gasteiger partial charge in [0.05, 0.1) is 0 Å². The predicted octanol–water partition coefficient (Wildman–Crippen LogP) is 8.64. The Bertz CT molecular complexity index is 901. The number of benzene rings is 2. The van der Waals surface area contributed by atoms with Gasteiger partial charge in [0.1, 0.15) is 0 Å². The summed E-state index contributed by atoms with van der Waals surface area (Å²) in [5, 5.41) is 2.69. The summed E-state index contributed by atoms with van der Waals surface area (Å²) < 4.78 is 0. The molecule has 2 aliphatic rings. The second-order valence-corrected chi connectivity index (χ2v) is 10.2. The van der Waals surface area contributed by atoms with Crippen LogP contribution in [0.5, 0.6) is 0 Å². The fraction of sp³-hybridized carbons (Fsp3) is 0.516. The molecular formula is C31H43NO. The Morgan fingerprint density at radius 1 is 1.09 bits per heavy atom. The molecule has 178 valence electrons. The molecule has 2 nitrogen and oxygen atoms in total. The summed E-state index contributed by atoms with van der Waals surface area (Å²) in [4.78, 5) is 10.7. The molecule has 0 saturated heterocycles. The molecule has 4 atom stereocenters. The maximum atomic E-state index is 10.7. The van der Waals surface area contributed by atoms with Crippen LogP contribution < -0.4 is 5.32 Å². The van der Waals surface area contributed by atoms with Crippen molar-refractivity contribution in [3.8, 4) is 0 Å². The summed E-state index contributed by atoms with van der Waals surface area (Å²) in [6.07, 6.45) is 14.9. The van der Waals surface area contributed by atoms with Crippen LogP contribution in [0.15, 0.2) is 55.1 Å². The lowest BCUT2D eigenvalue weighted by Gasteiger charge is -2.23. The van der Waals surface area contributed by atoms with E-state index < -0.39 is 0 Å². The Hall–Kier alpha value is -2.35. The molecule has 33 heavy (non-hydrogen) atoms. The van der Waals surface area contributed by atoms with E-state index >= 15 is 0 Å². The van der Waals surface area contributed by atoms with Crippen LogP contribution >= 0.6 is 0 Å². The third-order valence-corrected chi connectivity index (χ3v) is 7.74. The molecule has 0 aromatic heterocycles. The number of unbranched alkanes of at least 4 members (excludes halogenated alkanes) is 3. The van der Waals surface area contributed by atoms with Crippen LogP contribution in [-0.2, 0) is 11.2 Å². The highest BCUT2D eigenvalue weighted by atomic mass is 16.1. The lowest BCUT2D eigenvalue weighted by Crippen LogP contribution is -2.15. The van der Waals surface area contributed by atoms with E-state index in [9.17, 15) is 4.79 Å². The smallest absolute Gasteiger partial charge is 0.221 e. The van der Waals surface area contributed by atoms with Gasteiger partial charge in [-0.05, 0) is 71.8 Å². The Balaban J connectivity index is 0.000000218. The average Bonchev–Trinajstić information content (AvgIpc) is 3.41. The molecule has 1 fully saturated rings. The highest BCUT2D eigenvalue weighted by Crippen LogP contribution is 2.48. The number of rotatable bonds is 8. The lowest BCUT2D eigenvalue weighted by atomic mass is 9.81. The minimum Gasteiger partial charge on any atom is -0.326 e. The van der Waals surface area contributed by atoms with Crippen molar-refractivity contribution in [2.45, 2.75) is 84.5 Å². The van der Waals surface area contributed by atoms with Gasteiger partial charge >= 0.3 is 0 Å². The van der Waals surface area contributed by atoms with Gasteiger partial charge in [-0.15, -0.1) is 0 Å². The molecule has 2 heteroatoms. The van der Waals surface area contributed by atoms with Crippen LogP contribution in [0.2, 0.25) is 0 Å². The first-order valence-corrected chi connectivity index (χ1v) is 13.1. The van der Waals surface area contributed by atoms with Crippen molar-refractivity contribution in [2.75, 3.05) is 5.32 Å². The molecule has 1 N–H and O–H groups in total. The van der Waals surface area contributed by atoms with E-state index in [1.54, 1.807) is 17.2 Å². The van der Waals surface area contributed by atoms with Gasteiger partial charge < -0.3 is 5.32 Å². The minimum absolute atomic E-state index is 0.0591. The second kappa shape index (κ2) is 12.8. The van der Waals surface area contributed by atoms with Gasteiger partial charge in [0.25, 0.3) is 0 Å². The second-order valence-electron chi connectivity index (χ2n) is 10.2. The Kier molecular flexibility index (Phi) is 9.78. The number of amides is 1. The van der Waals surface area contributed by atoms with Crippen molar-refractivity contribution in [3.63, 3.8) is 0 Å². The first-order chi connectivity index (χ1) is 16.0. The highest BCUT2D eigenvalue weighted by Gasteiger charge is 2.38. The highest BCUT2D eigenvalue weighted by molar-refractivity contribution is 5.88. The van der Waals surface area contributed by atoms with Crippen LogP contribution in [0, 0.1) is 17.8 Å². The van der Waals surface area contributed by atoms with Crippen molar-refractivity contribution in [1.82, 2.24) is 0 Å². The summed E-state index contributed by atoms with van der Waals surface area (Å²) >= 11 is 0. The van der Waals surface area contributed by atoms with E-state index in [-0.39, 0.29) is 5.91 Å². The number of carbonyl (C=O) groups is 1. The molecular weight excluding hydrogens is 402 g/mol. The number of anilines is 1. The van der Waals surface area contributed by atoms with Crippen molar-refractivity contribution < 1.29 is 4.79 Å². The molecule has 0 spiro atoms. The summed E-state index contributed by atoms with van der Waals surface area (Å²) in [5.74, 6) is 3.72. The zero-order chi connectivity index (χ0) is 23.6. The number of fused-ring (bicyclic) bond motifs is 1. The van der Waals surface area contributed by atoms with Gasteiger partial charge in [-0.3, -0.25) is 4.79 Å². The van der Waals surface area contributed by atoms with Crippen LogP contribution in [0.3, 0.4) is 0 Å². The van der Waals surface area contributed by atoms with E-state index in [4.69, 9.17) is 0 Å². The largest absolute Gasteiger partial charge is 0.326 e. The Morgan fingerprint density at radius 3 is 2.64 bits per heavy atom. The maximum Gasteiger partial charge on any atom is 0.221 e. The van der Waals surface area contributed by atoms with Gasteiger partial charge in [-0.1, -0.05) is 101 Å². The average molecular weight is 446 g/mol. The van der Waals surface area contributed by atoms with E-state index in [0.29, 0.717) is 0 Å². The fourth-order valence-electron chi connectivity index (χ4n) is 5.97. The Morgan fingerprint density at radius 2 is 1.91 bits per heavy atom. The topological polar surface area (TPSA) is 29.1 Å². The summed E-state index contributed by atoms with van der Waals surface area (Å²) in [7, 11) is 0. The van der Waals surface area contributed by atoms with E-state index in [1.165, 1.54) is 64.7 Å². The van der Waals surface area contributed by atoms with Crippen LogP contribution in [0.1, 0.15) is 94.7 Å². The normalized spacial score (nSPS) is 23.4. The molecule has 0 heterocycles. The SMILES string of the molecule is C=Cc1cccc(NC(C)=O)c1.CCCCCC[C@@H]1CCC(C2Cc3ccccc3C2C)C1. The van der Waals surface area contributed by atoms with E-state index in [1.807, 2.05) is 24.3 Å². The molecule has 4 rings (SSSR count). The van der Waals surface area contributed by atoms with Gasteiger partial charge in [0.2, 0.25) is 5.91 Å². The molecule has 3 unspecified atom stereocenters. The molecule has 2 aromatic rings. The van der Waals surface area contributed by atoms with E-state index in [2.05, 4.69) is 50.0 Å². The number of hydrogen-bond donors (Lipinski definition) is 1. The van der Waals surface area contributed by atoms with Gasteiger partial charge in [0, 0.05) is 12.6 Å². The van der Waals surface area contributed by atoms with E-state index in [0.717, 1.165) is 34.9 Å². The van der Waals surface area contributed by atoms with Gasteiger partial charge in [-0.25, -0.2) is 0 Å². The lowest BCUT2D eigenvalue weighted by molar-refractivity contribution is -0.114. The van der Waals surface area contributed by atoms with Crippen LogP contribution in [0.4, 0.5) is 5.69 Å². The molecule has 1 amide bonds. The molecule has 2 aliphatic carbocycles. The van der Waals surface area contributed by atoms with Crippen molar-refractivity contribution in [1.29, 1.82) is 0 Å². The molecule has 2 aromatic carbocycles. The predicted molar refractivity (Wildman–Crippen MR) is 142 cm³/mol. The monoisotopic (exact) mass is 445 g/mol. The number of carbonyl (C=O) groups excluding carboxylic acids is 1. The Labute approximate surface area is 201 Å². The van der Waals surface area contributed by atoms with Crippen molar-refractivity contribution in [3.05, 3.63) is 71.8 Å². The molecule has 0 bridgehead atoms. The first-order valence-electron chi connectivity index (χ1n) is 13.1. The third-order valence-electron chi connectivity index (χ3n) is 7.74. The standard InChI is InChI=1S/C21H32.C10H11NO/c1-3-4-5-6-9-17-12-13-19(14-17)21-15-18-10-7-8-11-20(18)16(21)2;1-3-9-5-4-6-10(7-9)11-8(2)12/h7-8,10-11,16-17,19,21H,3-6,9,12-15H2,1-2H3;3-7H,1H2,2H3,(H,11,12)/t16?,17-,19?,21?;/m1./s1. The molecule has 1 saturated carbocycles. The first kappa shape index (κ1) is 25.3. The van der Waals surface area contributed by atoms with Crippen molar-refractivity contribution in [2.24, 2.45) is 17.8 Å². The fourth-order valence-corrected chi connectivity index (χ4v) is 5.97. The summed E-state index contributed by atoms with van der Waals surface area (Å²) in [6.45, 7) is 9.91. The zero-order valence-corrected chi connectivity index (χ0v) is 21.0. The van der Waals surface area contributed by atoms with Crippen molar-refractivity contribution >= 4 is 17.7 Å². The third kappa shape index (κ3) is 7.32. The summed E-state index contributed by atoms with van der Waals surface area (Å²) in [6, 6.07) is 16.7. The zero-order valence-electron chi connectivity index (χ0n) is 21.0.